The molecular weight excluding hydrogens is 247 g/mol. The SMILES string of the molecule is Cc1cc(C(F)F)nc(CN)c1OC(F)(F)F. The normalized spacial score (nSPS) is 12.0. The van der Waals surface area contributed by atoms with E-state index in [4.69, 9.17) is 5.73 Å². The summed E-state index contributed by atoms with van der Waals surface area (Å²) in [5, 5.41) is 0. The molecule has 0 saturated heterocycles. The second kappa shape index (κ2) is 4.82. The van der Waals surface area contributed by atoms with Crippen LogP contribution in [0, 0.1) is 6.92 Å². The Balaban J connectivity index is 3.21. The monoisotopic (exact) mass is 256 g/mol. The number of nitrogens with two attached hydrogens (primary N) is 1. The smallest absolute Gasteiger partial charge is 0.403 e. The van der Waals surface area contributed by atoms with Crippen molar-refractivity contribution in [2.75, 3.05) is 0 Å². The molecule has 8 heteroatoms. The van der Waals surface area contributed by atoms with E-state index in [1.54, 1.807) is 0 Å². The van der Waals surface area contributed by atoms with Crippen LogP contribution in [0.25, 0.3) is 0 Å². The van der Waals surface area contributed by atoms with E-state index in [1.165, 1.54) is 6.92 Å². The summed E-state index contributed by atoms with van der Waals surface area (Å²) in [5.74, 6) is -0.621. The number of rotatable bonds is 3. The molecule has 3 nitrogen and oxygen atoms in total. The summed E-state index contributed by atoms with van der Waals surface area (Å²) in [7, 11) is 0. The van der Waals surface area contributed by atoms with Gasteiger partial charge in [-0.25, -0.2) is 13.8 Å². The lowest BCUT2D eigenvalue weighted by Crippen LogP contribution is -2.20. The largest absolute Gasteiger partial charge is 0.573 e. The third-order valence-corrected chi connectivity index (χ3v) is 1.88. The maximum Gasteiger partial charge on any atom is 0.573 e. The minimum absolute atomic E-state index is 0.0897. The van der Waals surface area contributed by atoms with Gasteiger partial charge in [-0.1, -0.05) is 0 Å². The van der Waals surface area contributed by atoms with E-state index in [0.29, 0.717) is 0 Å². The van der Waals surface area contributed by atoms with Crippen molar-refractivity contribution < 1.29 is 26.7 Å². The molecule has 1 aromatic heterocycles. The van der Waals surface area contributed by atoms with Gasteiger partial charge in [0.15, 0.2) is 5.75 Å². The average molecular weight is 256 g/mol. The Labute approximate surface area is 93.4 Å². The molecule has 0 bridgehead atoms. The highest BCUT2D eigenvalue weighted by molar-refractivity contribution is 5.38. The number of alkyl halides is 5. The van der Waals surface area contributed by atoms with Crippen LogP contribution in [0.1, 0.15) is 23.4 Å². The Bertz CT molecular complexity index is 405. The van der Waals surface area contributed by atoms with Gasteiger partial charge in [0.1, 0.15) is 5.69 Å². The molecule has 0 unspecified atom stereocenters. The molecule has 0 aliphatic rings. The molecule has 0 atom stereocenters. The van der Waals surface area contributed by atoms with Crippen molar-refractivity contribution in [3.05, 3.63) is 23.0 Å². The minimum Gasteiger partial charge on any atom is -0.403 e. The number of ether oxygens (including phenoxy) is 1. The van der Waals surface area contributed by atoms with Crippen LogP contribution in [0.5, 0.6) is 5.75 Å². The van der Waals surface area contributed by atoms with Gasteiger partial charge in [-0.2, -0.15) is 0 Å². The first-order chi connectivity index (χ1) is 7.74. The number of aryl methyl sites for hydroxylation is 1. The lowest BCUT2D eigenvalue weighted by molar-refractivity contribution is -0.275. The fourth-order valence-electron chi connectivity index (χ4n) is 1.26. The first-order valence-corrected chi connectivity index (χ1v) is 4.49. The molecule has 1 rings (SSSR count). The third kappa shape index (κ3) is 3.52. The van der Waals surface area contributed by atoms with Gasteiger partial charge in [-0.15, -0.1) is 13.2 Å². The Morgan fingerprint density at radius 2 is 2.00 bits per heavy atom. The van der Waals surface area contributed by atoms with Crippen LogP contribution in [0.4, 0.5) is 22.0 Å². The van der Waals surface area contributed by atoms with E-state index in [-0.39, 0.29) is 11.3 Å². The molecule has 0 amide bonds. The van der Waals surface area contributed by atoms with Gasteiger partial charge in [0.2, 0.25) is 0 Å². The Morgan fingerprint density at radius 3 is 2.41 bits per heavy atom. The maximum absolute atomic E-state index is 12.4. The lowest BCUT2D eigenvalue weighted by atomic mass is 10.2. The van der Waals surface area contributed by atoms with Crippen molar-refractivity contribution in [2.24, 2.45) is 5.73 Å². The van der Waals surface area contributed by atoms with Crippen LogP contribution in [0.15, 0.2) is 6.07 Å². The Hall–Kier alpha value is -1.44. The summed E-state index contributed by atoms with van der Waals surface area (Å²) in [5.41, 5.74) is 4.09. The van der Waals surface area contributed by atoms with Crippen LogP contribution in [0.2, 0.25) is 0 Å². The number of nitrogens with zero attached hydrogens (tertiary/aromatic N) is 1. The molecule has 2 N–H and O–H groups in total. The summed E-state index contributed by atoms with van der Waals surface area (Å²) in [6.07, 6.45) is -7.79. The van der Waals surface area contributed by atoms with E-state index < -0.39 is 30.8 Å². The summed E-state index contributed by atoms with van der Waals surface area (Å²) < 4.78 is 64.6. The van der Waals surface area contributed by atoms with Crippen molar-refractivity contribution >= 4 is 0 Å². The van der Waals surface area contributed by atoms with Crippen LogP contribution in [0.3, 0.4) is 0 Å². The predicted octanol–water partition coefficient (Wildman–Crippen LogP) is 2.68. The van der Waals surface area contributed by atoms with Gasteiger partial charge in [0.05, 0.1) is 5.69 Å². The molecule has 0 radical (unpaired) electrons. The number of aromatic nitrogens is 1. The quantitative estimate of drug-likeness (QED) is 0.846. The topological polar surface area (TPSA) is 48.1 Å². The standard InChI is InChI=1S/C9H9F5N2O/c1-4-2-5(8(10)11)16-6(3-15)7(4)17-9(12,13)14/h2,8H,3,15H2,1H3. The highest BCUT2D eigenvalue weighted by atomic mass is 19.4. The predicted molar refractivity (Wildman–Crippen MR) is 48.5 cm³/mol. The number of hydrogen-bond donors (Lipinski definition) is 1. The summed E-state index contributed by atoms with van der Waals surface area (Å²) in [4.78, 5) is 3.34. The number of pyridine rings is 1. The van der Waals surface area contributed by atoms with Crippen LogP contribution >= 0.6 is 0 Å². The van der Waals surface area contributed by atoms with Crippen molar-refractivity contribution in [1.29, 1.82) is 0 Å². The number of hydrogen-bond acceptors (Lipinski definition) is 3. The molecule has 0 aliphatic heterocycles. The van der Waals surface area contributed by atoms with Gasteiger partial charge in [0, 0.05) is 6.54 Å². The van der Waals surface area contributed by atoms with Crippen molar-refractivity contribution in [3.63, 3.8) is 0 Å². The van der Waals surface area contributed by atoms with Gasteiger partial charge in [0.25, 0.3) is 6.43 Å². The van der Waals surface area contributed by atoms with Gasteiger partial charge in [-0.3, -0.25) is 0 Å². The molecule has 1 heterocycles. The van der Waals surface area contributed by atoms with Gasteiger partial charge in [-0.05, 0) is 18.6 Å². The minimum atomic E-state index is -4.91. The molecule has 1 aromatic rings. The van der Waals surface area contributed by atoms with E-state index >= 15 is 0 Å². The van der Waals surface area contributed by atoms with E-state index in [0.717, 1.165) is 6.07 Å². The summed E-state index contributed by atoms with van der Waals surface area (Å²) in [6.45, 7) is 0.792. The van der Waals surface area contributed by atoms with E-state index in [1.807, 2.05) is 0 Å². The second-order valence-electron chi connectivity index (χ2n) is 3.19. The molecule has 0 spiro atoms. The maximum atomic E-state index is 12.4. The average Bonchev–Trinajstić information content (AvgIpc) is 2.18. The van der Waals surface area contributed by atoms with Crippen LogP contribution in [-0.2, 0) is 6.54 Å². The lowest BCUT2D eigenvalue weighted by Gasteiger charge is -2.15. The zero-order valence-electron chi connectivity index (χ0n) is 8.68. The van der Waals surface area contributed by atoms with Crippen LogP contribution < -0.4 is 10.5 Å². The molecule has 0 aromatic carbocycles. The van der Waals surface area contributed by atoms with Gasteiger partial charge >= 0.3 is 6.36 Å². The molecule has 0 fully saturated rings. The zero-order chi connectivity index (χ0) is 13.2. The summed E-state index contributed by atoms with van der Waals surface area (Å²) >= 11 is 0. The highest BCUT2D eigenvalue weighted by Gasteiger charge is 2.33. The van der Waals surface area contributed by atoms with E-state index in [9.17, 15) is 22.0 Å². The molecule has 0 saturated carbocycles. The zero-order valence-corrected chi connectivity index (χ0v) is 8.68. The first kappa shape index (κ1) is 13.6. The van der Waals surface area contributed by atoms with Crippen molar-refractivity contribution in [3.8, 4) is 5.75 Å². The Morgan fingerprint density at radius 1 is 1.41 bits per heavy atom. The van der Waals surface area contributed by atoms with E-state index in [2.05, 4.69) is 9.72 Å². The molecule has 96 valence electrons. The molecule has 17 heavy (non-hydrogen) atoms. The number of halogens is 5. The van der Waals surface area contributed by atoms with Crippen molar-refractivity contribution in [1.82, 2.24) is 4.98 Å². The molecule has 0 aliphatic carbocycles. The summed E-state index contributed by atoms with van der Waals surface area (Å²) in [6, 6.07) is 0.838. The second-order valence-corrected chi connectivity index (χ2v) is 3.19. The first-order valence-electron chi connectivity index (χ1n) is 4.49. The van der Waals surface area contributed by atoms with Gasteiger partial charge < -0.3 is 10.5 Å². The highest BCUT2D eigenvalue weighted by Crippen LogP contribution is 2.31. The molecular formula is C9H9F5N2O. The fraction of sp³-hybridized carbons (Fsp3) is 0.444. The van der Waals surface area contributed by atoms with Crippen molar-refractivity contribution in [2.45, 2.75) is 26.3 Å². The third-order valence-electron chi connectivity index (χ3n) is 1.88. The fourth-order valence-corrected chi connectivity index (χ4v) is 1.26. The Kier molecular flexibility index (Phi) is 3.87. The van der Waals surface area contributed by atoms with Crippen LogP contribution in [-0.4, -0.2) is 11.3 Å².